The van der Waals surface area contributed by atoms with Crippen LogP contribution in [0.5, 0.6) is 0 Å². The minimum atomic E-state index is -0.620. The standard InChI is InChI=1S/C14H16N4O2S/c1-14(2,3)13(19)20-17-12(15)10-6-4-9(5-7-10)11-8-21-18-16-11/h4-8H,1-3H3,(H2,15,17). The molecule has 7 heteroatoms. The molecular formula is C14H16N4O2S. The van der Waals surface area contributed by atoms with Gasteiger partial charge in [0.05, 0.1) is 5.41 Å². The van der Waals surface area contributed by atoms with Crippen molar-refractivity contribution in [1.29, 1.82) is 0 Å². The normalized spacial score (nSPS) is 12.2. The Morgan fingerprint density at radius 3 is 2.48 bits per heavy atom. The quantitative estimate of drug-likeness (QED) is 0.407. The zero-order chi connectivity index (χ0) is 15.5. The molecule has 110 valence electrons. The van der Waals surface area contributed by atoms with Crippen molar-refractivity contribution in [1.82, 2.24) is 9.59 Å². The summed E-state index contributed by atoms with van der Waals surface area (Å²) in [5.74, 6) is -0.286. The topological polar surface area (TPSA) is 90.5 Å². The molecule has 0 atom stereocenters. The van der Waals surface area contributed by atoms with Gasteiger partial charge >= 0.3 is 5.97 Å². The summed E-state index contributed by atoms with van der Waals surface area (Å²) in [6, 6.07) is 7.30. The molecule has 0 radical (unpaired) electrons. The highest BCUT2D eigenvalue weighted by Gasteiger charge is 2.23. The lowest BCUT2D eigenvalue weighted by atomic mass is 9.98. The first-order chi connectivity index (χ1) is 9.88. The summed E-state index contributed by atoms with van der Waals surface area (Å²) in [6.07, 6.45) is 0. The van der Waals surface area contributed by atoms with E-state index in [0.717, 1.165) is 11.3 Å². The van der Waals surface area contributed by atoms with Gasteiger partial charge in [0.1, 0.15) is 5.69 Å². The molecule has 0 unspecified atom stereocenters. The Morgan fingerprint density at radius 2 is 1.95 bits per heavy atom. The van der Waals surface area contributed by atoms with Gasteiger partial charge in [-0.2, -0.15) is 0 Å². The van der Waals surface area contributed by atoms with E-state index in [1.54, 1.807) is 32.9 Å². The molecule has 21 heavy (non-hydrogen) atoms. The van der Waals surface area contributed by atoms with Gasteiger partial charge in [0.2, 0.25) is 0 Å². The molecule has 6 nitrogen and oxygen atoms in total. The predicted molar refractivity (Wildman–Crippen MR) is 81.6 cm³/mol. The summed E-state index contributed by atoms with van der Waals surface area (Å²) in [5, 5.41) is 9.52. The highest BCUT2D eigenvalue weighted by molar-refractivity contribution is 7.03. The minimum Gasteiger partial charge on any atom is -0.380 e. The maximum absolute atomic E-state index is 11.6. The van der Waals surface area contributed by atoms with Gasteiger partial charge in [-0.05, 0) is 32.3 Å². The van der Waals surface area contributed by atoms with Crippen LogP contribution in [-0.2, 0) is 9.63 Å². The number of aromatic nitrogens is 2. The molecule has 2 rings (SSSR count). The fourth-order valence-corrected chi connectivity index (χ4v) is 1.85. The highest BCUT2D eigenvalue weighted by Crippen LogP contribution is 2.18. The number of hydrogen-bond donors (Lipinski definition) is 1. The Balaban J connectivity index is 2.10. The van der Waals surface area contributed by atoms with Crippen LogP contribution >= 0.6 is 11.5 Å². The number of nitrogens with zero attached hydrogens (tertiary/aromatic N) is 3. The lowest BCUT2D eigenvalue weighted by Crippen LogP contribution is -2.23. The molecule has 0 aliphatic heterocycles. The molecule has 0 amide bonds. The van der Waals surface area contributed by atoms with Gasteiger partial charge in [0.25, 0.3) is 0 Å². The van der Waals surface area contributed by atoms with E-state index in [2.05, 4.69) is 14.7 Å². The molecule has 1 aromatic carbocycles. The van der Waals surface area contributed by atoms with E-state index in [-0.39, 0.29) is 5.84 Å². The number of carbonyl (C=O) groups excluding carboxylic acids is 1. The second-order valence-electron chi connectivity index (χ2n) is 5.47. The second kappa shape index (κ2) is 6.01. The molecule has 0 bridgehead atoms. The van der Waals surface area contributed by atoms with Crippen LogP contribution in [0, 0.1) is 5.41 Å². The molecule has 0 aliphatic rings. The average Bonchev–Trinajstić information content (AvgIpc) is 2.97. The number of oxime groups is 1. The number of rotatable bonds is 3. The van der Waals surface area contributed by atoms with Crippen LogP contribution < -0.4 is 5.73 Å². The molecule has 0 saturated heterocycles. The van der Waals surface area contributed by atoms with Crippen molar-refractivity contribution in [2.75, 3.05) is 0 Å². The minimum absolute atomic E-state index is 0.149. The van der Waals surface area contributed by atoms with Gasteiger partial charge < -0.3 is 10.6 Å². The molecule has 1 aromatic heterocycles. The van der Waals surface area contributed by atoms with E-state index in [1.807, 2.05) is 17.5 Å². The maximum atomic E-state index is 11.6. The van der Waals surface area contributed by atoms with E-state index < -0.39 is 11.4 Å². The number of hydrogen-bond acceptors (Lipinski definition) is 6. The summed E-state index contributed by atoms with van der Waals surface area (Å²) >= 11 is 1.29. The molecule has 0 aliphatic carbocycles. The Labute approximate surface area is 126 Å². The number of nitrogens with two attached hydrogens (primary N) is 1. The Bertz CT molecular complexity index is 643. The van der Waals surface area contributed by atoms with Crippen LogP contribution in [0.1, 0.15) is 26.3 Å². The van der Waals surface area contributed by atoms with E-state index in [4.69, 9.17) is 10.6 Å². The molecular weight excluding hydrogens is 288 g/mol. The number of carbonyl (C=O) groups is 1. The highest BCUT2D eigenvalue weighted by atomic mass is 32.1. The summed E-state index contributed by atoms with van der Waals surface area (Å²) in [6.45, 7) is 5.24. The van der Waals surface area contributed by atoms with Crippen LogP contribution in [0.3, 0.4) is 0 Å². The fourth-order valence-electron chi connectivity index (χ4n) is 1.38. The third-order valence-electron chi connectivity index (χ3n) is 2.68. The van der Waals surface area contributed by atoms with Gasteiger partial charge in [-0.15, -0.1) is 5.10 Å². The first-order valence-corrected chi connectivity index (χ1v) is 7.14. The van der Waals surface area contributed by atoms with Gasteiger partial charge in [0.15, 0.2) is 5.84 Å². The summed E-state index contributed by atoms with van der Waals surface area (Å²) in [4.78, 5) is 16.4. The summed E-state index contributed by atoms with van der Waals surface area (Å²) in [7, 11) is 0. The average molecular weight is 304 g/mol. The molecule has 2 aromatic rings. The van der Waals surface area contributed by atoms with Crippen molar-refractivity contribution in [3.63, 3.8) is 0 Å². The van der Waals surface area contributed by atoms with E-state index in [9.17, 15) is 4.79 Å². The smallest absolute Gasteiger partial charge is 0.340 e. The predicted octanol–water partition coefficient (Wildman–Crippen LogP) is 2.41. The lowest BCUT2D eigenvalue weighted by molar-refractivity contribution is -0.152. The molecule has 0 fully saturated rings. The van der Waals surface area contributed by atoms with Crippen LogP contribution in [0.2, 0.25) is 0 Å². The van der Waals surface area contributed by atoms with E-state index >= 15 is 0 Å². The van der Waals surface area contributed by atoms with Gasteiger partial charge in [-0.1, -0.05) is 33.9 Å². The first-order valence-electron chi connectivity index (χ1n) is 6.31. The zero-order valence-corrected chi connectivity index (χ0v) is 12.8. The van der Waals surface area contributed by atoms with Crippen molar-refractivity contribution < 1.29 is 9.63 Å². The van der Waals surface area contributed by atoms with Crippen LogP contribution in [0.15, 0.2) is 34.8 Å². The van der Waals surface area contributed by atoms with Crippen LogP contribution in [0.25, 0.3) is 11.3 Å². The largest absolute Gasteiger partial charge is 0.380 e. The second-order valence-corrected chi connectivity index (χ2v) is 6.08. The van der Waals surface area contributed by atoms with Gasteiger partial charge in [0, 0.05) is 16.5 Å². The van der Waals surface area contributed by atoms with Crippen LogP contribution in [-0.4, -0.2) is 21.4 Å². The van der Waals surface area contributed by atoms with Crippen molar-refractivity contribution in [2.24, 2.45) is 16.3 Å². The van der Waals surface area contributed by atoms with Gasteiger partial charge in [-0.25, -0.2) is 4.79 Å². The zero-order valence-electron chi connectivity index (χ0n) is 12.0. The molecule has 2 N–H and O–H groups in total. The van der Waals surface area contributed by atoms with Crippen LogP contribution in [0.4, 0.5) is 0 Å². The molecule has 0 spiro atoms. The van der Waals surface area contributed by atoms with E-state index in [0.29, 0.717) is 5.56 Å². The fraction of sp³-hybridized carbons (Fsp3) is 0.286. The van der Waals surface area contributed by atoms with Crippen molar-refractivity contribution in [3.05, 3.63) is 35.2 Å². The monoisotopic (exact) mass is 304 g/mol. The third kappa shape index (κ3) is 3.85. The molecule has 0 saturated carbocycles. The Hall–Kier alpha value is -2.28. The summed E-state index contributed by atoms with van der Waals surface area (Å²) in [5.41, 5.74) is 7.60. The Morgan fingerprint density at radius 1 is 1.29 bits per heavy atom. The Kier molecular flexibility index (Phi) is 4.32. The summed E-state index contributed by atoms with van der Waals surface area (Å²) < 4.78 is 3.81. The van der Waals surface area contributed by atoms with Crippen molar-refractivity contribution >= 4 is 23.3 Å². The number of amidine groups is 1. The first kappa shape index (κ1) is 15.1. The third-order valence-corrected chi connectivity index (χ3v) is 3.18. The van der Waals surface area contributed by atoms with E-state index in [1.165, 1.54) is 11.5 Å². The number of benzene rings is 1. The van der Waals surface area contributed by atoms with Gasteiger partial charge in [-0.3, -0.25) is 0 Å². The maximum Gasteiger partial charge on any atom is 0.340 e. The van der Waals surface area contributed by atoms with Crippen molar-refractivity contribution in [3.8, 4) is 11.3 Å². The molecule has 1 heterocycles. The van der Waals surface area contributed by atoms with Crippen molar-refractivity contribution in [2.45, 2.75) is 20.8 Å². The SMILES string of the molecule is CC(C)(C)C(=O)O/N=C(\N)c1ccc(-c2csnn2)cc1. The lowest BCUT2D eigenvalue weighted by Gasteiger charge is -2.13.